The number of aromatic nitrogens is 1. The van der Waals surface area contributed by atoms with Crippen LogP contribution in [-0.4, -0.2) is 27.3 Å². The van der Waals surface area contributed by atoms with E-state index >= 15 is 0 Å². The van der Waals surface area contributed by atoms with Gasteiger partial charge in [-0.05, 0) is 41.8 Å². The zero-order chi connectivity index (χ0) is 20.5. The molecule has 0 bridgehead atoms. The molecule has 0 aliphatic carbocycles. The summed E-state index contributed by atoms with van der Waals surface area (Å²) in [6.45, 7) is 0. The van der Waals surface area contributed by atoms with Crippen molar-refractivity contribution in [2.75, 3.05) is 5.32 Å². The van der Waals surface area contributed by atoms with Gasteiger partial charge in [0.05, 0.1) is 16.9 Å². The van der Waals surface area contributed by atoms with Gasteiger partial charge in [-0.1, -0.05) is 6.07 Å². The number of Topliss-reactive ketones (excluding diaryl/α,β-unsaturated/α-hetero) is 1. The molecule has 0 fully saturated rings. The molecule has 144 valence electrons. The largest absolute Gasteiger partial charge is 0.477 e. The fourth-order valence-corrected chi connectivity index (χ4v) is 3.23. The smallest absolute Gasteiger partial charge is 0.416 e. The van der Waals surface area contributed by atoms with Crippen molar-refractivity contribution in [1.82, 2.24) is 4.57 Å². The normalized spacial score (nSPS) is 11.2. The van der Waals surface area contributed by atoms with Gasteiger partial charge >= 0.3 is 12.1 Å². The number of halogens is 3. The van der Waals surface area contributed by atoms with Crippen LogP contribution in [0.15, 0.2) is 54.0 Å². The molecule has 28 heavy (non-hydrogen) atoms. The Morgan fingerprint density at radius 1 is 1.07 bits per heavy atom. The van der Waals surface area contributed by atoms with Crippen LogP contribution in [0.1, 0.15) is 25.7 Å². The van der Waals surface area contributed by atoms with Gasteiger partial charge in [0, 0.05) is 11.9 Å². The summed E-state index contributed by atoms with van der Waals surface area (Å²) in [6.07, 6.45) is -3.18. The van der Waals surface area contributed by atoms with Crippen molar-refractivity contribution in [3.05, 3.63) is 70.2 Å². The van der Waals surface area contributed by atoms with Crippen LogP contribution >= 0.6 is 11.3 Å². The fourth-order valence-electron chi connectivity index (χ4n) is 2.51. The summed E-state index contributed by atoms with van der Waals surface area (Å²) in [4.78, 5) is 36.0. The van der Waals surface area contributed by atoms with E-state index in [2.05, 4.69) is 5.32 Å². The summed E-state index contributed by atoms with van der Waals surface area (Å²) in [5.74, 6) is -3.36. The monoisotopic (exact) mass is 408 g/mol. The number of hydrogen-bond acceptors (Lipinski definition) is 4. The lowest BCUT2D eigenvalue weighted by Crippen LogP contribution is -2.25. The minimum absolute atomic E-state index is 0.0245. The number of benzene rings is 1. The van der Waals surface area contributed by atoms with Crippen molar-refractivity contribution in [1.29, 1.82) is 0 Å². The number of carbonyl (C=O) groups is 3. The quantitative estimate of drug-likeness (QED) is 0.492. The highest BCUT2D eigenvalue weighted by Crippen LogP contribution is 2.30. The maximum absolute atomic E-state index is 12.8. The summed E-state index contributed by atoms with van der Waals surface area (Å²) < 4.78 is 39.6. The first-order chi connectivity index (χ1) is 13.2. The average Bonchev–Trinajstić information content (AvgIpc) is 3.29. The topological polar surface area (TPSA) is 88.4 Å². The highest BCUT2D eigenvalue weighted by atomic mass is 32.1. The van der Waals surface area contributed by atoms with E-state index in [0.29, 0.717) is 6.07 Å². The molecule has 1 amide bonds. The summed E-state index contributed by atoms with van der Waals surface area (Å²) in [6, 6.07) is 8.14. The van der Waals surface area contributed by atoms with Crippen LogP contribution in [0.2, 0.25) is 0 Å². The third kappa shape index (κ3) is 3.81. The molecule has 2 aromatic heterocycles. The number of carbonyl (C=O) groups excluding carboxylic acids is 2. The number of amides is 1. The second-order valence-corrected chi connectivity index (χ2v) is 6.48. The van der Waals surface area contributed by atoms with Crippen LogP contribution in [0.25, 0.3) is 5.69 Å². The average molecular weight is 408 g/mol. The van der Waals surface area contributed by atoms with Gasteiger partial charge in [0.15, 0.2) is 0 Å². The van der Waals surface area contributed by atoms with Crippen LogP contribution in [0, 0.1) is 0 Å². The molecule has 10 heteroatoms. The van der Waals surface area contributed by atoms with Gasteiger partial charge in [0.25, 0.3) is 11.7 Å². The first-order valence-electron chi connectivity index (χ1n) is 7.70. The van der Waals surface area contributed by atoms with E-state index in [9.17, 15) is 32.7 Å². The SMILES string of the molecule is O=C(Nc1cccc(C(F)(F)F)c1)C(=O)c1cccn1-c1ccsc1C(=O)O. The van der Waals surface area contributed by atoms with Gasteiger partial charge in [-0.15, -0.1) is 11.3 Å². The zero-order valence-electron chi connectivity index (χ0n) is 13.9. The third-order valence-corrected chi connectivity index (χ3v) is 4.63. The van der Waals surface area contributed by atoms with E-state index < -0.39 is 29.4 Å². The van der Waals surface area contributed by atoms with Gasteiger partial charge in [-0.25, -0.2) is 4.79 Å². The summed E-state index contributed by atoms with van der Waals surface area (Å²) in [7, 11) is 0. The number of carboxylic acid groups (broad SMARTS) is 1. The number of rotatable bonds is 5. The van der Waals surface area contributed by atoms with Gasteiger partial charge in [-0.2, -0.15) is 13.2 Å². The molecule has 1 aromatic carbocycles. The summed E-state index contributed by atoms with van der Waals surface area (Å²) in [5, 5.41) is 12.9. The van der Waals surface area contributed by atoms with Crippen LogP contribution in [0.5, 0.6) is 0 Å². The molecule has 6 nitrogen and oxygen atoms in total. The molecule has 0 aliphatic heterocycles. The molecule has 0 saturated carbocycles. The van der Waals surface area contributed by atoms with E-state index in [4.69, 9.17) is 0 Å². The van der Waals surface area contributed by atoms with Crippen LogP contribution in [0.4, 0.5) is 18.9 Å². The highest BCUT2D eigenvalue weighted by Gasteiger charge is 2.31. The number of nitrogens with one attached hydrogen (secondary N) is 1. The van der Waals surface area contributed by atoms with Gasteiger partial charge < -0.3 is 15.0 Å². The lowest BCUT2D eigenvalue weighted by Gasteiger charge is -2.10. The molecule has 0 spiro atoms. The summed E-state index contributed by atoms with van der Waals surface area (Å²) in [5.41, 5.74) is -1.07. The van der Waals surface area contributed by atoms with Crippen LogP contribution in [-0.2, 0) is 11.0 Å². The number of thiophene rings is 1. The fraction of sp³-hybridized carbons (Fsp3) is 0.0556. The Morgan fingerprint density at radius 2 is 1.82 bits per heavy atom. The number of anilines is 1. The molecular weight excluding hydrogens is 397 g/mol. The Morgan fingerprint density at radius 3 is 2.50 bits per heavy atom. The predicted octanol–water partition coefficient (Wildman–Crippen LogP) is 4.08. The standard InChI is InChI=1S/C18H11F3N2O4S/c19-18(20,21)10-3-1-4-11(9-10)22-16(25)14(24)12-5-2-7-23(12)13-6-8-28-15(13)17(26)27/h1-9H,(H,22,25)(H,26,27). The van der Waals surface area contributed by atoms with Crippen molar-refractivity contribution >= 4 is 34.7 Å². The second-order valence-electron chi connectivity index (χ2n) is 5.57. The molecule has 0 aliphatic rings. The molecule has 3 aromatic rings. The van der Waals surface area contributed by atoms with E-state index in [1.165, 1.54) is 40.4 Å². The Kier molecular flexibility index (Phi) is 5.06. The van der Waals surface area contributed by atoms with Crippen molar-refractivity contribution in [3.8, 4) is 5.69 Å². The van der Waals surface area contributed by atoms with Crippen molar-refractivity contribution in [3.63, 3.8) is 0 Å². The third-order valence-electron chi connectivity index (χ3n) is 3.73. The lowest BCUT2D eigenvalue weighted by molar-refractivity contribution is -0.137. The molecule has 2 N–H and O–H groups in total. The Balaban J connectivity index is 1.86. The van der Waals surface area contributed by atoms with Crippen LogP contribution in [0.3, 0.4) is 0 Å². The van der Waals surface area contributed by atoms with Gasteiger partial charge in [0.2, 0.25) is 0 Å². The molecular formula is C18H11F3N2O4S. The van der Waals surface area contributed by atoms with Crippen molar-refractivity contribution < 1.29 is 32.7 Å². The molecule has 0 saturated heterocycles. The molecule has 2 heterocycles. The first kappa shape index (κ1) is 19.4. The number of aromatic carboxylic acids is 1. The van der Waals surface area contributed by atoms with Crippen molar-refractivity contribution in [2.45, 2.75) is 6.18 Å². The van der Waals surface area contributed by atoms with Crippen molar-refractivity contribution in [2.24, 2.45) is 0 Å². The number of hydrogen-bond donors (Lipinski definition) is 2. The zero-order valence-corrected chi connectivity index (χ0v) is 14.7. The Hall–Kier alpha value is -3.40. The van der Waals surface area contributed by atoms with Gasteiger partial charge in [-0.3, -0.25) is 9.59 Å². The maximum Gasteiger partial charge on any atom is 0.416 e. The van der Waals surface area contributed by atoms with E-state index in [1.807, 2.05) is 0 Å². The number of alkyl halides is 3. The van der Waals surface area contributed by atoms with E-state index in [1.54, 1.807) is 0 Å². The number of carboxylic acids is 1. The highest BCUT2D eigenvalue weighted by molar-refractivity contribution is 7.12. The lowest BCUT2D eigenvalue weighted by atomic mass is 10.2. The summed E-state index contributed by atoms with van der Waals surface area (Å²) >= 11 is 0.952. The van der Waals surface area contributed by atoms with E-state index in [0.717, 1.165) is 23.5 Å². The molecule has 0 radical (unpaired) electrons. The number of ketones is 1. The Bertz CT molecular complexity index is 1070. The Labute approximate surface area is 159 Å². The molecule has 0 unspecified atom stereocenters. The molecule has 0 atom stereocenters. The first-order valence-corrected chi connectivity index (χ1v) is 8.58. The van der Waals surface area contributed by atoms with Gasteiger partial charge in [0.1, 0.15) is 4.88 Å². The number of nitrogens with zero attached hydrogens (tertiary/aromatic N) is 1. The molecule has 3 rings (SSSR count). The minimum atomic E-state index is -4.59. The maximum atomic E-state index is 12.8. The minimum Gasteiger partial charge on any atom is -0.477 e. The second kappa shape index (κ2) is 7.31. The van der Waals surface area contributed by atoms with Crippen LogP contribution < -0.4 is 5.32 Å². The van der Waals surface area contributed by atoms with E-state index in [-0.39, 0.29) is 21.9 Å². The predicted molar refractivity (Wildman–Crippen MR) is 95.0 cm³/mol.